The number of benzene rings is 1. The highest BCUT2D eigenvalue weighted by atomic mass is 79.9. The molecule has 116 valence electrons. The van der Waals surface area contributed by atoms with Gasteiger partial charge in [-0.25, -0.2) is 4.79 Å². The Morgan fingerprint density at radius 1 is 1.23 bits per heavy atom. The number of rotatable bonds is 6. The van der Waals surface area contributed by atoms with Crippen molar-refractivity contribution in [2.75, 3.05) is 13.7 Å². The quantitative estimate of drug-likeness (QED) is 0.793. The summed E-state index contributed by atoms with van der Waals surface area (Å²) in [4.78, 5) is 23.3. The third-order valence-electron chi connectivity index (χ3n) is 2.78. The highest BCUT2D eigenvalue weighted by molar-refractivity contribution is 9.10. The molecule has 1 aromatic heterocycles. The maximum absolute atomic E-state index is 11.7. The Kier molecular flexibility index (Phi) is 5.60. The van der Waals surface area contributed by atoms with E-state index >= 15 is 0 Å². The predicted molar refractivity (Wildman–Crippen MR) is 81.5 cm³/mol. The molecule has 0 aliphatic heterocycles. The van der Waals surface area contributed by atoms with Crippen molar-refractivity contribution in [2.45, 2.75) is 6.54 Å². The first-order valence-electron chi connectivity index (χ1n) is 6.41. The summed E-state index contributed by atoms with van der Waals surface area (Å²) in [6.07, 6.45) is 0. The van der Waals surface area contributed by atoms with Crippen LogP contribution in [-0.2, 0) is 16.1 Å². The van der Waals surface area contributed by atoms with Gasteiger partial charge >= 0.3 is 5.97 Å². The van der Waals surface area contributed by atoms with E-state index in [0.717, 1.165) is 5.56 Å². The van der Waals surface area contributed by atoms with Crippen LogP contribution in [0.15, 0.2) is 45.5 Å². The molecule has 1 N–H and O–H groups in total. The van der Waals surface area contributed by atoms with E-state index in [2.05, 4.69) is 21.2 Å². The maximum Gasteiger partial charge on any atom is 0.374 e. The van der Waals surface area contributed by atoms with Gasteiger partial charge in [0, 0.05) is 12.1 Å². The summed E-state index contributed by atoms with van der Waals surface area (Å²) in [5, 5.41) is 2.65. The van der Waals surface area contributed by atoms with E-state index < -0.39 is 11.9 Å². The highest BCUT2D eigenvalue weighted by Crippen LogP contribution is 2.17. The minimum Gasteiger partial charge on any atom is -0.496 e. The molecular weight excluding hydrogens is 354 g/mol. The number of carbonyl (C=O) groups excluding carboxylic acids is 2. The zero-order valence-electron chi connectivity index (χ0n) is 11.8. The van der Waals surface area contributed by atoms with Crippen molar-refractivity contribution in [1.82, 2.24) is 5.32 Å². The van der Waals surface area contributed by atoms with E-state index in [9.17, 15) is 9.59 Å². The number of esters is 1. The van der Waals surface area contributed by atoms with Crippen molar-refractivity contribution in [1.29, 1.82) is 0 Å². The minimum absolute atomic E-state index is 0.0319. The van der Waals surface area contributed by atoms with Crippen LogP contribution in [0.3, 0.4) is 0 Å². The Morgan fingerprint density at radius 2 is 2.00 bits per heavy atom. The van der Waals surface area contributed by atoms with Crippen LogP contribution in [0.25, 0.3) is 0 Å². The molecule has 7 heteroatoms. The lowest BCUT2D eigenvalue weighted by Crippen LogP contribution is -2.28. The molecule has 1 heterocycles. The molecular formula is C15H14BrNO5. The van der Waals surface area contributed by atoms with Gasteiger partial charge in [0.2, 0.25) is 5.76 Å². The standard InChI is InChI=1S/C15H14BrNO5/c1-20-11-5-3-2-4-10(11)8-17-14(18)9-21-15(19)12-6-7-13(16)22-12/h2-7H,8-9H2,1H3,(H,17,18). The average Bonchev–Trinajstić information content (AvgIpc) is 2.97. The van der Waals surface area contributed by atoms with Crippen LogP contribution in [0.2, 0.25) is 0 Å². The van der Waals surface area contributed by atoms with Crippen molar-refractivity contribution in [3.63, 3.8) is 0 Å². The second-order valence-corrected chi connectivity index (χ2v) is 5.05. The third-order valence-corrected chi connectivity index (χ3v) is 3.20. The van der Waals surface area contributed by atoms with Crippen LogP contribution in [0.5, 0.6) is 5.75 Å². The van der Waals surface area contributed by atoms with Crippen LogP contribution in [0, 0.1) is 0 Å². The fourth-order valence-electron chi connectivity index (χ4n) is 1.72. The maximum atomic E-state index is 11.7. The molecule has 0 aliphatic rings. The molecule has 22 heavy (non-hydrogen) atoms. The first kappa shape index (κ1) is 16.1. The van der Waals surface area contributed by atoms with Crippen LogP contribution in [-0.4, -0.2) is 25.6 Å². The van der Waals surface area contributed by atoms with Gasteiger partial charge in [0.25, 0.3) is 5.91 Å². The molecule has 0 unspecified atom stereocenters. The fourth-order valence-corrected chi connectivity index (χ4v) is 2.03. The molecule has 0 radical (unpaired) electrons. The number of carbonyl (C=O) groups is 2. The molecule has 0 atom stereocenters. The van der Waals surface area contributed by atoms with Gasteiger partial charge in [-0.2, -0.15) is 0 Å². The summed E-state index contributed by atoms with van der Waals surface area (Å²) < 4.78 is 15.5. The van der Waals surface area contributed by atoms with Gasteiger partial charge in [-0.1, -0.05) is 18.2 Å². The molecule has 0 aliphatic carbocycles. The summed E-state index contributed by atoms with van der Waals surface area (Å²) in [5.41, 5.74) is 0.833. The lowest BCUT2D eigenvalue weighted by molar-refractivity contribution is -0.124. The smallest absolute Gasteiger partial charge is 0.374 e. The molecule has 0 saturated heterocycles. The van der Waals surface area contributed by atoms with E-state index in [1.54, 1.807) is 19.2 Å². The SMILES string of the molecule is COc1ccccc1CNC(=O)COC(=O)c1ccc(Br)o1. The van der Waals surface area contributed by atoms with Crippen molar-refractivity contribution in [3.8, 4) is 5.75 Å². The Morgan fingerprint density at radius 3 is 2.68 bits per heavy atom. The van der Waals surface area contributed by atoms with Crippen LogP contribution in [0.1, 0.15) is 16.1 Å². The Balaban J connectivity index is 1.80. The van der Waals surface area contributed by atoms with Crippen molar-refractivity contribution < 1.29 is 23.5 Å². The van der Waals surface area contributed by atoms with E-state index in [1.165, 1.54) is 6.07 Å². The lowest BCUT2D eigenvalue weighted by atomic mass is 10.2. The summed E-state index contributed by atoms with van der Waals surface area (Å²) in [5.74, 6) is -0.396. The number of para-hydroxylation sites is 1. The van der Waals surface area contributed by atoms with E-state index in [-0.39, 0.29) is 18.9 Å². The number of hydrogen-bond acceptors (Lipinski definition) is 5. The summed E-state index contributed by atoms with van der Waals surface area (Å²) in [6, 6.07) is 10.4. The minimum atomic E-state index is -0.696. The molecule has 0 spiro atoms. The average molecular weight is 368 g/mol. The number of halogens is 1. The van der Waals surface area contributed by atoms with E-state index in [0.29, 0.717) is 10.4 Å². The second kappa shape index (κ2) is 7.65. The first-order chi connectivity index (χ1) is 10.6. The van der Waals surface area contributed by atoms with E-state index in [4.69, 9.17) is 13.9 Å². The van der Waals surface area contributed by atoms with Crippen molar-refractivity contribution in [3.05, 3.63) is 52.4 Å². The summed E-state index contributed by atoms with van der Waals surface area (Å²) >= 11 is 3.08. The van der Waals surface area contributed by atoms with Gasteiger partial charge < -0.3 is 19.2 Å². The number of amides is 1. The highest BCUT2D eigenvalue weighted by Gasteiger charge is 2.14. The number of furan rings is 1. The number of nitrogens with one attached hydrogen (secondary N) is 1. The van der Waals surface area contributed by atoms with Crippen LogP contribution >= 0.6 is 15.9 Å². The molecule has 0 fully saturated rings. The van der Waals surface area contributed by atoms with Crippen LogP contribution in [0.4, 0.5) is 0 Å². The summed E-state index contributed by atoms with van der Waals surface area (Å²) in [6.45, 7) is -0.0982. The van der Waals surface area contributed by atoms with Crippen LogP contribution < -0.4 is 10.1 Å². The topological polar surface area (TPSA) is 77.8 Å². The van der Waals surface area contributed by atoms with Gasteiger partial charge in [-0.05, 0) is 34.1 Å². The third kappa shape index (κ3) is 4.36. The molecule has 0 bridgehead atoms. The molecule has 2 aromatic rings. The predicted octanol–water partition coefficient (Wildman–Crippen LogP) is 2.52. The monoisotopic (exact) mass is 367 g/mol. The largest absolute Gasteiger partial charge is 0.496 e. The van der Waals surface area contributed by atoms with Gasteiger partial charge in [0.15, 0.2) is 11.3 Å². The number of methoxy groups -OCH3 is 1. The number of hydrogen-bond donors (Lipinski definition) is 1. The molecule has 0 saturated carbocycles. The molecule has 6 nitrogen and oxygen atoms in total. The Labute approximate surface area is 135 Å². The molecule has 2 rings (SSSR count). The van der Waals surface area contributed by atoms with E-state index in [1.807, 2.05) is 18.2 Å². The van der Waals surface area contributed by atoms with Gasteiger partial charge in [-0.15, -0.1) is 0 Å². The lowest BCUT2D eigenvalue weighted by Gasteiger charge is -2.09. The van der Waals surface area contributed by atoms with Gasteiger partial charge in [0.05, 0.1) is 7.11 Å². The second-order valence-electron chi connectivity index (χ2n) is 4.27. The Hall–Kier alpha value is -2.28. The van der Waals surface area contributed by atoms with Gasteiger partial charge in [-0.3, -0.25) is 4.79 Å². The normalized spacial score (nSPS) is 10.1. The molecule has 1 amide bonds. The zero-order chi connectivity index (χ0) is 15.9. The molecule has 1 aromatic carbocycles. The van der Waals surface area contributed by atoms with Crippen molar-refractivity contribution >= 4 is 27.8 Å². The fraction of sp³-hybridized carbons (Fsp3) is 0.200. The zero-order valence-corrected chi connectivity index (χ0v) is 13.4. The van der Waals surface area contributed by atoms with Crippen molar-refractivity contribution in [2.24, 2.45) is 0 Å². The van der Waals surface area contributed by atoms with Gasteiger partial charge in [0.1, 0.15) is 5.75 Å². The number of ether oxygens (including phenoxy) is 2. The first-order valence-corrected chi connectivity index (χ1v) is 7.20. The Bertz CT molecular complexity index is 667. The summed E-state index contributed by atoms with van der Waals surface area (Å²) in [7, 11) is 1.56.